The molecule has 1 aliphatic rings. The molecule has 1 saturated heterocycles. The van der Waals surface area contributed by atoms with Crippen LogP contribution in [0.3, 0.4) is 0 Å². The number of unbranched alkanes of at least 4 members (excludes halogenated alkanes) is 3. The number of aromatic hydroxyl groups is 1. The molecule has 1 N–H and O–H groups in total. The molecule has 2 aromatic carbocycles. The van der Waals surface area contributed by atoms with E-state index in [2.05, 4.69) is 7.05 Å². The van der Waals surface area contributed by atoms with Crippen LogP contribution in [0.25, 0.3) is 21.9 Å². The average molecular weight is 523 g/mol. The first-order chi connectivity index (χ1) is 14.1. The van der Waals surface area contributed by atoms with Crippen LogP contribution in [0.1, 0.15) is 38.5 Å². The molecule has 162 valence electrons. The molecule has 0 unspecified atom stereocenters. The minimum absolute atomic E-state index is 0. The number of phenolic OH excluding ortho intramolecular Hbond substituents is 1. The quantitative estimate of drug-likeness (QED) is 0.212. The van der Waals surface area contributed by atoms with Crippen LogP contribution in [-0.2, 0) is 0 Å². The number of phenols is 1. The first kappa shape index (κ1) is 22.9. The molecule has 0 spiro atoms. The van der Waals surface area contributed by atoms with Crippen molar-refractivity contribution in [1.82, 2.24) is 0 Å². The highest BCUT2D eigenvalue weighted by atomic mass is 127. The van der Waals surface area contributed by atoms with Gasteiger partial charge in [-0.15, -0.1) is 0 Å². The summed E-state index contributed by atoms with van der Waals surface area (Å²) in [5, 5.41) is 11.0. The molecule has 1 aromatic heterocycles. The third-order valence-electron chi connectivity index (χ3n) is 6.14. The fraction of sp³-hybridized carbons (Fsp3) is 0.458. The third kappa shape index (κ3) is 5.09. The smallest absolute Gasteiger partial charge is 0.204 e. The summed E-state index contributed by atoms with van der Waals surface area (Å²) in [5.41, 5.74) is 0.641. The van der Waals surface area contributed by atoms with E-state index in [4.69, 9.17) is 9.15 Å². The summed E-state index contributed by atoms with van der Waals surface area (Å²) in [4.78, 5) is 12.6. The molecule has 0 aliphatic carbocycles. The molecule has 3 aromatic rings. The standard InChI is InChI=1S/C24H29NO4.HI/c1-25(13-7-8-14-25)12-6-2-3-9-15-28-18-16-20(26)23-22(17-18)29-21-11-5-4-10-19(21)24(23)27;/h4-5,10-11,16-17H,2-3,6-9,12-15H2,1H3;1H. The van der Waals surface area contributed by atoms with E-state index in [9.17, 15) is 9.90 Å². The van der Waals surface area contributed by atoms with E-state index >= 15 is 0 Å². The van der Waals surface area contributed by atoms with Gasteiger partial charge in [0, 0.05) is 25.0 Å². The number of nitrogens with zero attached hydrogens (tertiary/aromatic N) is 1. The van der Waals surface area contributed by atoms with Crippen molar-refractivity contribution in [3.8, 4) is 11.5 Å². The SMILES string of the molecule is C[N+]1(CCCCCCOc2cc(O)c3c(=O)c4ccccc4oc3c2)CCCC1.[I-]. The van der Waals surface area contributed by atoms with Gasteiger partial charge in [0.2, 0.25) is 5.43 Å². The van der Waals surface area contributed by atoms with E-state index in [0.717, 1.165) is 12.8 Å². The summed E-state index contributed by atoms with van der Waals surface area (Å²) in [5.74, 6) is 0.433. The highest BCUT2D eigenvalue weighted by molar-refractivity contribution is 5.93. The zero-order valence-electron chi connectivity index (χ0n) is 17.5. The van der Waals surface area contributed by atoms with Crippen LogP contribution < -0.4 is 34.1 Å². The van der Waals surface area contributed by atoms with Gasteiger partial charge < -0.3 is 42.7 Å². The Balaban J connectivity index is 0.00000256. The second-order valence-electron chi connectivity index (χ2n) is 8.50. The number of rotatable bonds is 8. The van der Waals surface area contributed by atoms with Gasteiger partial charge in [0.25, 0.3) is 0 Å². The molecule has 0 amide bonds. The van der Waals surface area contributed by atoms with Crippen molar-refractivity contribution in [2.24, 2.45) is 0 Å². The number of halogens is 1. The zero-order chi connectivity index (χ0) is 20.3. The summed E-state index contributed by atoms with van der Waals surface area (Å²) in [7, 11) is 2.38. The van der Waals surface area contributed by atoms with Crippen LogP contribution in [0.4, 0.5) is 0 Å². The normalized spacial score (nSPS) is 15.4. The minimum Gasteiger partial charge on any atom is -1.00 e. The van der Waals surface area contributed by atoms with Crippen molar-refractivity contribution in [1.29, 1.82) is 0 Å². The molecule has 0 atom stereocenters. The van der Waals surface area contributed by atoms with E-state index in [1.807, 2.05) is 6.07 Å². The molecule has 1 fully saturated rings. The maximum atomic E-state index is 12.6. The summed E-state index contributed by atoms with van der Waals surface area (Å²) < 4.78 is 12.9. The average Bonchev–Trinajstić information content (AvgIpc) is 3.13. The Morgan fingerprint density at radius 2 is 1.77 bits per heavy atom. The van der Waals surface area contributed by atoms with Crippen molar-refractivity contribution in [2.45, 2.75) is 38.5 Å². The summed E-state index contributed by atoms with van der Waals surface area (Å²) in [6.07, 6.45) is 7.35. The second kappa shape index (κ2) is 10.0. The Kier molecular flexibility index (Phi) is 7.63. The van der Waals surface area contributed by atoms with Gasteiger partial charge in [-0.05, 0) is 37.8 Å². The maximum Gasteiger partial charge on any atom is 0.204 e. The molecule has 0 saturated carbocycles. The maximum absolute atomic E-state index is 12.6. The van der Waals surface area contributed by atoms with Crippen LogP contribution in [0.2, 0.25) is 0 Å². The molecule has 0 radical (unpaired) electrons. The third-order valence-corrected chi connectivity index (χ3v) is 6.14. The fourth-order valence-corrected chi connectivity index (χ4v) is 4.43. The van der Waals surface area contributed by atoms with E-state index in [1.165, 1.54) is 55.9 Å². The van der Waals surface area contributed by atoms with Crippen LogP contribution in [-0.4, -0.2) is 42.9 Å². The Morgan fingerprint density at radius 3 is 2.57 bits per heavy atom. The molecule has 2 heterocycles. The number of ether oxygens (including phenoxy) is 1. The molecule has 4 rings (SSSR count). The monoisotopic (exact) mass is 523 g/mol. The molecule has 0 bridgehead atoms. The van der Waals surface area contributed by atoms with E-state index < -0.39 is 0 Å². The first-order valence-corrected chi connectivity index (χ1v) is 10.7. The molecular weight excluding hydrogens is 493 g/mol. The lowest BCUT2D eigenvalue weighted by atomic mass is 10.1. The lowest BCUT2D eigenvalue weighted by molar-refractivity contribution is -0.897. The zero-order valence-corrected chi connectivity index (χ0v) is 19.7. The molecular formula is C24H30INO4. The molecule has 6 heteroatoms. The Hall–Kier alpha value is -1.80. The van der Waals surface area contributed by atoms with Crippen molar-refractivity contribution in [3.63, 3.8) is 0 Å². The van der Waals surface area contributed by atoms with E-state index in [0.29, 0.717) is 28.9 Å². The molecule has 30 heavy (non-hydrogen) atoms. The first-order valence-electron chi connectivity index (χ1n) is 10.7. The van der Waals surface area contributed by atoms with Gasteiger partial charge in [-0.2, -0.15) is 0 Å². The summed E-state index contributed by atoms with van der Waals surface area (Å²) in [6.45, 7) is 4.54. The Labute approximate surface area is 194 Å². The number of hydrogen-bond donors (Lipinski definition) is 1. The van der Waals surface area contributed by atoms with Crippen LogP contribution in [0.15, 0.2) is 45.6 Å². The van der Waals surface area contributed by atoms with E-state index in [-0.39, 0.29) is 40.5 Å². The van der Waals surface area contributed by atoms with E-state index in [1.54, 1.807) is 24.3 Å². The van der Waals surface area contributed by atoms with Gasteiger partial charge in [0.1, 0.15) is 28.1 Å². The largest absolute Gasteiger partial charge is 1.00 e. The molecule has 5 nitrogen and oxygen atoms in total. The van der Waals surface area contributed by atoms with Gasteiger partial charge in [-0.1, -0.05) is 12.1 Å². The van der Waals surface area contributed by atoms with Crippen molar-refractivity contribution < 1.29 is 42.7 Å². The van der Waals surface area contributed by atoms with Gasteiger partial charge in [0.15, 0.2) is 0 Å². The number of quaternary nitrogens is 1. The Morgan fingerprint density at radius 1 is 1.03 bits per heavy atom. The Bertz CT molecular complexity index is 1060. The number of fused-ring (bicyclic) bond motifs is 2. The van der Waals surface area contributed by atoms with Crippen LogP contribution in [0.5, 0.6) is 11.5 Å². The van der Waals surface area contributed by atoms with Crippen LogP contribution >= 0.6 is 0 Å². The van der Waals surface area contributed by atoms with Crippen molar-refractivity contribution >= 4 is 21.9 Å². The van der Waals surface area contributed by atoms with Crippen LogP contribution in [0, 0.1) is 0 Å². The van der Waals surface area contributed by atoms with Crippen molar-refractivity contribution in [3.05, 3.63) is 46.6 Å². The highest BCUT2D eigenvalue weighted by Gasteiger charge is 2.25. The van der Waals surface area contributed by atoms with Gasteiger partial charge >= 0.3 is 0 Å². The van der Waals surface area contributed by atoms with Crippen molar-refractivity contribution in [2.75, 3.05) is 33.3 Å². The van der Waals surface area contributed by atoms with Gasteiger partial charge in [0.05, 0.1) is 38.7 Å². The summed E-state index contributed by atoms with van der Waals surface area (Å²) in [6, 6.07) is 10.3. The number of benzene rings is 2. The summed E-state index contributed by atoms with van der Waals surface area (Å²) >= 11 is 0. The minimum atomic E-state index is -0.222. The highest BCUT2D eigenvalue weighted by Crippen LogP contribution is 2.30. The molecule has 1 aliphatic heterocycles. The second-order valence-corrected chi connectivity index (χ2v) is 8.50. The number of hydrogen-bond acceptors (Lipinski definition) is 4. The number of para-hydroxylation sites is 1. The predicted molar refractivity (Wildman–Crippen MR) is 116 cm³/mol. The predicted octanol–water partition coefficient (Wildman–Crippen LogP) is 1.84. The fourth-order valence-electron chi connectivity index (χ4n) is 4.43. The lowest BCUT2D eigenvalue weighted by Crippen LogP contribution is -3.00. The number of likely N-dealkylation sites (tertiary alicyclic amines) is 1. The lowest BCUT2D eigenvalue weighted by Gasteiger charge is -2.29. The van der Waals surface area contributed by atoms with Gasteiger partial charge in [-0.3, -0.25) is 4.79 Å². The van der Waals surface area contributed by atoms with Gasteiger partial charge in [-0.25, -0.2) is 0 Å². The topological polar surface area (TPSA) is 59.7 Å².